The SMILES string of the molecule is COC(=O)CCN(C(=O)c1cccc(F)c1)C(C)C. The van der Waals surface area contributed by atoms with E-state index in [0.29, 0.717) is 0 Å². The maximum Gasteiger partial charge on any atom is 0.307 e. The largest absolute Gasteiger partial charge is 0.469 e. The van der Waals surface area contributed by atoms with Crippen molar-refractivity contribution in [1.82, 2.24) is 4.90 Å². The Labute approximate surface area is 112 Å². The molecule has 0 fully saturated rings. The summed E-state index contributed by atoms with van der Waals surface area (Å²) in [6, 6.07) is 5.43. The molecule has 19 heavy (non-hydrogen) atoms. The minimum Gasteiger partial charge on any atom is -0.469 e. The van der Waals surface area contributed by atoms with Gasteiger partial charge in [0.15, 0.2) is 0 Å². The van der Waals surface area contributed by atoms with Crippen molar-refractivity contribution in [2.45, 2.75) is 26.3 Å². The first-order chi connectivity index (χ1) is 8.95. The lowest BCUT2D eigenvalue weighted by Crippen LogP contribution is -2.38. The number of rotatable bonds is 5. The van der Waals surface area contributed by atoms with Gasteiger partial charge in [-0.1, -0.05) is 6.07 Å². The van der Waals surface area contributed by atoms with Crippen LogP contribution in [0, 0.1) is 5.82 Å². The van der Waals surface area contributed by atoms with E-state index in [1.165, 1.54) is 30.2 Å². The monoisotopic (exact) mass is 267 g/mol. The summed E-state index contributed by atoms with van der Waals surface area (Å²) in [5.41, 5.74) is 0.276. The topological polar surface area (TPSA) is 46.6 Å². The van der Waals surface area contributed by atoms with E-state index in [0.717, 1.165) is 0 Å². The molecule has 0 bridgehead atoms. The number of ether oxygens (including phenoxy) is 1. The predicted octanol–water partition coefficient (Wildman–Crippen LogP) is 2.24. The second-order valence-corrected chi connectivity index (χ2v) is 4.43. The van der Waals surface area contributed by atoms with Gasteiger partial charge < -0.3 is 9.64 Å². The predicted molar refractivity (Wildman–Crippen MR) is 69.2 cm³/mol. The van der Waals surface area contributed by atoms with Gasteiger partial charge in [0, 0.05) is 18.2 Å². The number of carbonyl (C=O) groups excluding carboxylic acids is 2. The number of methoxy groups -OCH3 is 1. The fourth-order valence-electron chi connectivity index (χ4n) is 1.70. The van der Waals surface area contributed by atoms with Crippen molar-refractivity contribution in [3.05, 3.63) is 35.6 Å². The quantitative estimate of drug-likeness (QED) is 0.769. The van der Waals surface area contributed by atoms with Crippen LogP contribution >= 0.6 is 0 Å². The number of hydrogen-bond acceptors (Lipinski definition) is 3. The Hall–Kier alpha value is -1.91. The smallest absolute Gasteiger partial charge is 0.307 e. The van der Waals surface area contributed by atoms with Crippen LogP contribution in [-0.4, -0.2) is 36.5 Å². The Morgan fingerprint density at radius 1 is 1.37 bits per heavy atom. The Bertz CT molecular complexity index is 460. The molecule has 5 heteroatoms. The fourth-order valence-corrected chi connectivity index (χ4v) is 1.70. The van der Waals surface area contributed by atoms with Crippen LogP contribution in [0.1, 0.15) is 30.6 Å². The molecule has 0 N–H and O–H groups in total. The third-order valence-electron chi connectivity index (χ3n) is 2.74. The van der Waals surface area contributed by atoms with Gasteiger partial charge in [-0.2, -0.15) is 0 Å². The third kappa shape index (κ3) is 4.35. The zero-order chi connectivity index (χ0) is 14.4. The van der Waals surface area contributed by atoms with Crippen molar-refractivity contribution in [2.24, 2.45) is 0 Å². The molecule has 0 aromatic heterocycles. The normalized spacial score (nSPS) is 10.4. The highest BCUT2D eigenvalue weighted by Crippen LogP contribution is 2.11. The van der Waals surface area contributed by atoms with E-state index in [4.69, 9.17) is 0 Å². The molecule has 1 rings (SSSR count). The maximum absolute atomic E-state index is 13.1. The van der Waals surface area contributed by atoms with Gasteiger partial charge in [-0.15, -0.1) is 0 Å². The highest BCUT2D eigenvalue weighted by molar-refractivity contribution is 5.94. The van der Waals surface area contributed by atoms with Crippen molar-refractivity contribution in [2.75, 3.05) is 13.7 Å². The van der Waals surface area contributed by atoms with Crippen LogP contribution in [0.4, 0.5) is 4.39 Å². The second-order valence-electron chi connectivity index (χ2n) is 4.43. The second kappa shape index (κ2) is 6.87. The van der Waals surface area contributed by atoms with Crippen LogP contribution < -0.4 is 0 Å². The van der Waals surface area contributed by atoms with Gasteiger partial charge in [0.05, 0.1) is 13.5 Å². The highest BCUT2D eigenvalue weighted by atomic mass is 19.1. The molecule has 0 saturated carbocycles. The third-order valence-corrected chi connectivity index (χ3v) is 2.74. The van der Waals surface area contributed by atoms with E-state index in [-0.39, 0.29) is 36.4 Å². The van der Waals surface area contributed by atoms with E-state index in [9.17, 15) is 14.0 Å². The van der Waals surface area contributed by atoms with Crippen molar-refractivity contribution >= 4 is 11.9 Å². The molecule has 0 spiro atoms. The lowest BCUT2D eigenvalue weighted by atomic mass is 10.1. The van der Waals surface area contributed by atoms with Gasteiger partial charge in [0.25, 0.3) is 5.91 Å². The summed E-state index contributed by atoms with van der Waals surface area (Å²) in [6.45, 7) is 3.93. The molecule has 0 aliphatic carbocycles. The van der Waals surface area contributed by atoms with E-state index in [1.54, 1.807) is 6.07 Å². The first-order valence-corrected chi connectivity index (χ1v) is 6.09. The molecule has 0 heterocycles. The van der Waals surface area contributed by atoms with Gasteiger partial charge in [-0.25, -0.2) is 4.39 Å². The van der Waals surface area contributed by atoms with E-state index in [2.05, 4.69) is 4.74 Å². The molecule has 1 amide bonds. The summed E-state index contributed by atoms with van der Waals surface area (Å²) in [4.78, 5) is 24.9. The standard InChI is InChI=1S/C14H18FNO3/c1-10(2)16(8-7-13(17)19-3)14(18)11-5-4-6-12(15)9-11/h4-6,9-10H,7-8H2,1-3H3. The molecule has 0 radical (unpaired) electrons. The summed E-state index contributed by atoms with van der Waals surface area (Å²) in [5, 5.41) is 0. The van der Waals surface area contributed by atoms with Crippen LogP contribution in [0.2, 0.25) is 0 Å². The Balaban J connectivity index is 2.81. The number of benzene rings is 1. The van der Waals surface area contributed by atoms with Crippen molar-refractivity contribution in [3.63, 3.8) is 0 Å². The highest BCUT2D eigenvalue weighted by Gasteiger charge is 2.20. The van der Waals surface area contributed by atoms with Gasteiger partial charge in [0.1, 0.15) is 5.82 Å². The van der Waals surface area contributed by atoms with Crippen LogP contribution in [0.5, 0.6) is 0 Å². The summed E-state index contributed by atoms with van der Waals surface area (Å²) < 4.78 is 17.7. The van der Waals surface area contributed by atoms with E-state index in [1.807, 2.05) is 13.8 Å². The number of esters is 1. The maximum atomic E-state index is 13.1. The van der Waals surface area contributed by atoms with Crippen molar-refractivity contribution < 1.29 is 18.7 Å². The molecule has 0 aliphatic rings. The minimum absolute atomic E-state index is 0.0829. The zero-order valence-electron chi connectivity index (χ0n) is 11.4. The molecular formula is C14H18FNO3. The molecule has 104 valence electrons. The number of hydrogen-bond donors (Lipinski definition) is 0. The van der Waals surface area contributed by atoms with Gasteiger partial charge in [-0.05, 0) is 32.0 Å². The summed E-state index contributed by atoms with van der Waals surface area (Å²) in [5.74, 6) is -1.13. The molecule has 0 unspecified atom stereocenters. The van der Waals surface area contributed by atoms with Gasteiger partial charge >= 0.3 is 5.97 Å². The van der Waals surface area contributed by atoms with Crippen LogP contribution in [0.25, 0.3) is 0 Å². The number of amides is 1. The van der Waals surface area contributed by atoms with Gasteiger partial charge in [0.2, 0.25) is 0 Å². The summed E-state index contributed by atoms with van der Waals surface area (Å²) in [7, 11) is 1.30. The molecule has 1 aromatic rings. The molecule has 4 nitrogen and oxygen atoms in total. The Morgan fingerprint density at radius 2 is 2.05 bits per heavy atom. The molecule has 0 aliphatic heterocycles. The molecule has 0 saturated heterocycles. The van der Waals surface area contributed by atoms with Crippen LogP contribution in [0.15, 0.2) is 24.3 Å². The first kappa shape index (κ1) is 15.1. The Kier molecular flexibility index (Phi) is 5.48. The van der Waals surface area contributed by atoms with Gasteiger partial charge in [-0.3, -0.25) is 9.59 Å². The zero-order valence-corrected chi connectivity index (χ0v) is 11.4. The Morgan fingerprint density at radius 3 is 2.58 bits per heavy atom. The average molecular weight is 267 g/mol. The number of carbonyl (C=O) groups is 2. The number of nitrogens with zero attached hydrogens (tertiary/aromatic N) is 1. The number of halogens is 1. The summed E-state index contributed by atoms with van der Waals surface area (Å²) >= 11 is 0. The lowest BCUT2D eigenvalue weighted by Gasteiger charge is -2.26. The van der Waals surface area contributed by atoms with Crippen LogP contribution in [-0.2, 0) is 9.53 Å². The molecule has 0 atom stereocenters. The molecule has 1 aromatic carbocycles. The van der Waals surface area contributed by atoms with E-state index < -0.39 is 5.82 Å². The average Bonchev–Trinajstić information content (AvgIpc) is 2.38. The fraction of sp³-hybridized carbons (Fsp3) is 0.429. The van der Waals surface area contributed by atoms with Crippen molar-refractivity contribution in [3.8, 4) is 0 Å². The summed E-state index contributed by atoms with van der Waals surface area (Å²) in [6.07, 6.45) is 0.121. The minimum atomic E-state index is -0.456. The van der Waals surface area contributed by atoms with Crippen molar-refractivity contribution in [1.29, 1.82) is 0 Å². The first-order valence-electron chi connectivity index (χ1n) is 6.09. The van der Waals surface area contributed by atoms with Crippen LogP contribution in [0.3, 0.4) is 0 Å². The molecular weight excluding hydrogens is 249 g/mol. The van der Waals surface area contributed by atoms with E-state index >= 15 is 0 Å². The lowest BCUT2D eigenvalue weighted by molar-refractivity contribution is -0.140.